The number of pyridine rings is 3. The molecule has 0 saturated heterocycles. The summed E-state index contributed by atoms with van der Waals surface area (Å²) in [4.78, 5) is 39.0. The highest BCUT2D eigenvalue weighted by Gasteiger charge is 2.38. The summed E-state index contributed by atoms with van der Waals surface area (Å²) >= 11 is 0. The van der Waals surface area contributed by atoms with E-state index in [4.69, 9.17) is 20.9 Å². The number of aromatic nitrogens is 3. The summed E-state index contributed by atoms with van der Waals surface area (Å²) in [5, 5.41) is 3.04. The molecule has 3 aromatic heterocycles. The number of hydrogen-bond donors (Lipinski definition) is 3. The fourth-order valence-corrected chi connectivity index (χ4v) is 5.01. The smallest absolute Gasteiger partial charge is 0.418 e. The number of ether oxygens (including phenoxy) is 2. The Hall–Kier alpha value is -4.43. The second kappa shape index (κ2) is 15.4. The lowest BCUT2D eigenvalue weighted by atomic mass is 9.98. The van der Waals surface area contributed by atoms with Crippen LogP contribution in [0.25, 0.3) is 22.0 Å². The van der Waals surface area contributed by atoms with Crippen LogP contribution in [-0.2, 0) is 15.7 Å². The minimum atomic E-state index is -4.88. The Bertz CT molecular complexity index is 1610. The minimum Gasteiger partial charge on any atom is -0.480 e. The van der Waals surface area contributed by atoms with Gasteiger partial charge in [-0.1, -0.05) is 27.2 Å². The van der Waals surface area contributed by atoms with E-state index in [0.29, 0.717) is 24.1 Å². The first-order chi connectivity index (χ1) is 21.8. The molecule has 3 aromatic rings. The molecule has 0 saturated carbocycles. The molecule has 0 aliphatic heterocycles. The van der Waals surface area contributed by atoms with Crippen molar-refractivity contribution in [1.82, 2.24) is 19.9 Å². The molecule has 1 atom stereocenters. The standard InChI is InChI=1S/C30H39F4N7O4.C2H6/c1-9-10-18(25(36)42)41(28(43)45-29(5,6)7)12-11-37-26-21-20(14(2)15(3)39-26)23(31)24(40-27(21)44-8)17-13-19(35)38-16(4)22(17)30(32,33)34;1-2/h13,18H,9-12H2,1-8H3,(H2,35,38)(H2,36,42)(H,37,39);1-2H3. The maximum Gasteiger partial charge on any atom is 0.418 e. The van der Waals surface area contributed by atoms with Crippen LogP contribution in [0.5, 0.6) is 5.88 Å². The summed E-state index contributed by atoms with van der Waals surface area (Å²) in [7, 11) is 1.24. The number of aryl methyl sites for hydroxylation is 3. The van der Waals surface area contributed by atoms with Crippen LogP contribution >= 0.6 is 0 Å². The number of primary amides is 1. The highest BCUT2D eigenvalue weighted by molar-refractivity contribution is 6.01. The Morgan fingerprint density at radius 1 is 1.04 bits per heavy atom. The van der Waals surface area contributed by atoms with E-state index in [0.717, 1.165) is 13.0 Å². The van der Waals surface area contributed by atoms with Gasteiger partial charge in [-0.3, -0.25) is 9.69 Å². The number of hydrogen-bond acceptors (Lipinski definition) is 9. The minimum absolute atomic E-state index is 0.00215. The highest BCUT2D eigenvalue weighted by atomic mass is 19.4. The molecule has 0 radical (unpaired) electrons. The first-order valence-electron chi connectivity index (χ1n) is 15.2. The third kappa shape index (κ3) is 8.89. The Labute approximate surface area is 272 Å². The Morgan fingerprint density at radius 3 is 2.17 bits per heavy atom. The fraction of sp³-hybridized carbons (Fsp3) is 0.531. The lowest BCUT2D eigenvalue weighted by Crippen LogP contribution is -2.51. The Kier molecular flexibility index (Phi) is 12.7. The summed E-state index contributed by atoms with van der Waals surface area (Å²) in [5.41, 5.74) is 8.43. The molecule has 3 heterocycles. The molecule has 0 fully saturated rings. The summed E-state index contributed by atoms with van der Waals surface area (Å²) in [6, 6.07) is -0.0300. The molecule has 15 heteroatoms. The topological polar surface area (TPSA) is 159 Å². The zero-order valence-electron chi connectivity index (χ0n) is 28.6. The average Bonchev–Trinajstić information content (AvgIpc) is 2.95. The number of nitrogen functional groups attached to an aromatic ring is 1. The number of halogens is 4. The van der Waals surface area contributed by atoms with E-state index in [1.54, 1.807) is 34.6 Å². The highest BCUT2D eigenvalue weighted by Crippen LogP contribution is 2.44. The van der Waals surface area contributed by atoms with Gasteiger partial charge in [0.1, 0.15) is 29.0 Å². The summed E-state index contributed by atoms with van der Waals surface area (Å²) in [6.45, 7) is 15.2. The molecule has 3 rings (SSSR count). The van der Waals surface area contributed by atoms with Crippen molar-refractivity contribution >= 4 is 34.4 Å². The summed E-state index contributed by atoms with van der Waals surface area (Å²) in [6.07, 6.45) is -4.77. The van der Waals surface area contributed by atoms with Crippen LogP contribution < -0.4 is 21.5 Å². The van der Waals surface area contributed by atoms with Crippen molar-refractivity contribution < 1.29 is 36.6 Å². The molecular formula is C32H45F4N7O4. The lowest BCUT2D eigenvalue weighted by molar-refractivity contribution is -0.137. The normalized spacial score (nSPS) is 12.2. The lowest BCUT2D eigenvalue weighted by Gasteiger charge is -2.32. The van der Waals surface area contributed by atoms with Gasteiger partial charge >= 0.3 is 12.3 Å². The molecule has 2 amide bonds. The summed E-state index contributed by atoms with van der Waals surface area (Å²) in [5.74, 6) is -2.10. The fourth-order valence-electron chi connectivity index (χ4n) is 5.01. The number of carbonyl (C=O) groups is 2. The number of nitrogens with one attached hydrogen (secondary N) is 1. The molecule has 260 valence electrons. The SMILES string of the molecule is CC.CCCC(C(N)=O)N(CCNc1nc(C)c(C)c2c(F)c(-c3cc(N)nc(C)c3C(F)(F)F)nc(OC)c12)C(=O)OC(C)(C)C. The van der Waals surface area contributed by atoms with E-state index in [9.17, 15) is 22.8 Å². The number of fused-ring (bicyclic) bond motifs is 1. The zero-order valence-corrected chi connectivity index (χ0v) is 28.6. The average molecular weight is 668 g/mol. The monoisotopic (exact) mass is 667 g/mol. The Morgan fingerprint density at radius 2 is 1.66 bits per heavy atom. The molecule has 1 unspecified atom stereocenters. The van der Waals surface area contributed by atoms with Crippen molar-refractivity contribution in [2.45, 2.75) is 93.0 Å². The quantitative estimate of drug-likeness (QED) is 0.200. The largest absolute Gasteiger partial charge is 0.480 e. The van der Waals surface area contributed by atoms with Gasteiger partial charge in [0.05, 0.1) is 23.8 Å². The number of rotatable bonds is 10. The van der Waals surface area contributed by atoms with Gasteiger partial charge in [0.15, 0.2) is 5.82 Å². The van der Waals surface area contributed by atoms with Crippen LogP contribution in [0.4, 0.5) is 34.0 Å². The molecule has 5 N–H and O–H groups in total. The number of anilines is 2. The van der Waals surface area contributed by atoms with Crippen molar-refractivity contribution in [2.75, 3.05) is 31.2 Å². The van der Waals surface area contributed by atoms with E-state index >= 15 is 4.39 Å². The molecule has 11 nitrogen and oxygen atoms in total. The van der Waals surface area contributed by atoms with E-state index in [2.05, 4.69) is 20.3 Å². The maximum absolute atomic E-state index is 16.4. The maximum atomic E-state index is 16.4. The first kappa shape index (κ1) is 38.8. The second-order valence-corrected chi connectivity index (χ2v) is 11.6. The number of carbonyl (C=O) groups excluding carboxylic acids is 2. The molecule has 0 bridgehead atoms. The number of nitrogens with two attached hydrogens (primary N) is 2. The number of alkyl halides is 3. The van der Waals surface area contributed by atoms with E-state index < -0.39 is 58.2 Å². The van der Waals surface area contributed by atoms with Crippen molar-refractivity contribution in [3.63, 3.8) is 0 Å². The third-order valence-electron chi connectivity index (χ3n) is 7.03. The second-order valence-electron chi connectivity index (χ2n) is 11.6. The van der Waals surface area contributed by atoms with Crippen molar-refractivity contribution in [1.29, 1.82) is 0 Å². The van der Waals surface area contributed by atoms with Crippen LogP contribution in [0, 0.1) is 26.6 Å². The van der Waals surface area contributed by atoms with E-state index in [-0.39, 0.29) is 41.4 Å². The van der Waals surface area contributed by atoms with Gasteiger partial charge in [0.25, 0.3) is 0 Å². The number of amides is 2. The van der Waals surface area contributed by atoms with Gasteiger partial charge in [-0.25, -0.2) is 24.1 Å². The van der Waals surface area contributed by atoms with Crippen molar-refractivity contribution in [3.8, 4) is 17.1 Å². The summed E-state index contributed by atoms with van der Waals surface area (Å²) < 4.78 is 69.7. The van der Waals surface area contributed by atoms with E-state index in [1.165, 1.54) is 12.0 Å². The molecule has 0 aliphatic rings. The van der Waals surface area contributed by atoms with Gasteiger partial charge in [-0.15, -0.1) is 0 Å². The molecule has 0 aromatic carbocycles. The third-order valence-corrected chi connectivity index (χ3v) is 7.03. The van der Waals surface area contributed by atoms with Gasteiger partial charge in [-0.05, 0) is 59.6 Å². The van der Waals surface area contributed by atoms with Crippen LogP contribution in [0.1, 0.15) is 76.9 Å². The number of nitrogens with zero attached hydrogens (tertiary/aromatic N) is 4. The molecule has 0 spiro atoms. The number of methoxy groups -OCH3 is 1. The van der Waals surface area contributed by atoms with Crippen LogP contribution in [0.2, 0.25) is 0 Å². The van der Waals surface area contributed by atoms with Gasteiger partial charge in [0.2, 0.25) is 11.8 Å². The van der Waals surface area contributed by atoms with Crippen LogP contribution in [0.3, 0.4) is 0 Å². The predicted molar refractivity (Wildman–Crippen MR) is 174 cm³/mol. The van der Waals surface area contributed by atoms with Crippen LogP contribution in [0.15, 0.2) is 6.07 Å². The molecule has 0 aliphatic carbocycles. The van der Waals surface area contributed by atoms with Gasteiger partial charge in [-0.2, -0.15) is 13.2 Å². The van der Waals surface area contributed by atoms with Crippen molar-refractivity contribution in [3.05, 3.63) is 34.4 Å². The predicted octanol–water partition coefficient (Wildman–Crippen LogP) is 6.69. The first-order valence-corrected chi connectivity index (χ1v) is 15.2. The Balaban J connectivity index is 0.00000376. The van der Waals surface area contributed by atoms with Crippen molar-refractivity contribution in [2.24, 2.45) is 5.73 Å². The molecule has 47 heavy (non-hydrogen) atoms. The van der Waals surface area contributed by atoms with E-state index in [1.807, 2.05) is 20.8 Å². The zero-order chi connectivity index (χ0) is 36.0. The van der Waals surface area contributed by atoms with Crippen LogP contribution in [-0.4, -0.2) is 63.7 Å². The van der Waals surface area contributed by atoms with Gasteiger partial charge < -0.3 is 26.3 Å². The van der Waals surface area contributed by atoms with Gasteiger partial charge in [0, 0.05) is 29.7 Å². The molecular weight excluding hydrogens is 622 g/mol.